The second-order valence-corrected chi connectivity index (χ2v) is 2.95. The number of rotatable bonds is 0. The number of aryl methyl sites for hydroxylation is 2. The van der Waals surface area contributed by atoms with E-state index in [1.165, 1.54) is 5.56 Å². The molecular weight excluding hydrogens is 172 g/mol. The van der Waals surface area contributed by atoms with Crippen LogP contribution in [0.2, 0.25) is 0 Å². The maximum absolute atomic E-state index is 4.37. The zero-order chi connectivity index (χ0) is 10.6. The SMILES string of the molecule is CC.Cc1cnc2c(C)cccc2n1. The van der Waals surface area contributed by atoms with Crippen molar-refractivity contribution < 1.29 is 0 Å². The molecule has 14 heavy (non-hydrogen) atoms. The highest BCUT2D eigenvalue weighted by Crippen LogP contribution is 2.12. The zero-order valence-electron chi connectivity index (χ0n) is 9.20. The third kappa shape index (κ3) is 2.08. The van der Waals surface area contributed by atoms with Gasteiger partial charge in [-0.05, 0) is 25.5 Å². The molecule has 0 aliphatic rings. The molecule has 0 saturated carbocycles. The summed E-state index contributed by atoms with van der Waals surface area (Å²) in [5.41, 5.74) is 4.13. The minimum atomic E-state index is 0.966. The van der Waals surface area contributed by atoms with Gasteiger partial charge in [0.05, 0.1) is 16.7 Å². The molecular formula is C12H16N2. The van der Waals surface area contributed by atoms with E-state index in [1.54, 1.807) is 6.20 Å². The average Bonchev–Trinajstić information content (AvgIpc) is 2.21. The van der Waals surface area contributed by atoms with Gasteiger partial charge >= 0.3 is 0 Å². The van der Waals surface area contributed by atoms with E-state index in [-0.39, 0.29) is 0 Å². The lowest BCUT2D eigenvalue weighted by molar-refractivity contribution is 1.18. The van der Waals surface area contributed by atoms with Crippen LogP contribution in [0.4, 0.5) is 0 Å². The first-order chi connectivity index (χ1) is 6.77. The highest BCUT2D eigenvalue weighted by atomic mass is 14.8. The topological polar surface area (TPSA) is 25.8 Å². The molecule has 0 amide bonds. The van der Waals surface area contributed by atoms with Crippen molar-refractivity contribution in [3.63, 3.8) is 0 Å². The van der Waals surface area contributed by atoms with Crippen molar-refractivity contribution in [2.24, 2.45) is 0 Å². The normalized spacial score (nSPS) is 9.43. The Balaban J connectivity index is 0.000000461. The molecule has 0 radical (unpaired) electrons. The van der Waals surface area contributed by atoms with Gasteiger partial charge in [-0.25, -0.2) is 4.98 Å². The summed E-state index contributed by atoms with van der Waals surface area (Å²) in [5.74, 6) is 0. The zero-order valence-corrected chi connectivity index (χ0v) is 9.20. The first-order valence-corrected chi connectivity index (χ1v) is 4.96. The highest BCUT2D eigenvalue weighted by Gasteiger charge is 1.97. The van der Waals surface area contributed by atoms with Crippen LogP contribution in [0.3, 0.4) is 0 Å². The molecule has 74 valence electrons. The third-order valence-corrected chi connectivity index (χ3v) is 1.89. The van der Waals surface area contributed by atoms with Crippen molar-refractivity contribution in [1.29, 1.82) is 0 Å². The number of para-hydroxylation sites is 1. The average molecular weight is 188 g/mol. The molecule has 0 atom stereocenters. The second kappa shape index (κ2) is 4.70. The lowest BCUT2D eigenvalue weighted by Gasteiger charge is -1.99. The lowest BCUT2D eigenvalue weighted by atomic mass is 10.2. The lowest BCUT2D eigenvalue weighted by Crippen LogP contribution is -1.88. The molecule has 0 bridgehead atoms. The molecule has 0 fully saturated rings. The number of benzene rings is 1. The van der Waals surface area contributed by atoms with Gasteiger partial charge in [0.1, 0.15) is 0 Å². The van der Waals surface area contributed by atoms with E-state index in [1.807, 2.05) is 45.9 Å². The molecule has 0 aliphatic carbocycles. The first kappa shape index (κ1) is 10.6. The molecule has 2 rings (SSSR count). The number of fused-ring (bicyclic) bond motifs is 1. The molecule has 1 aromatic carbocycles. The van der Waals surface area contributed by atoms with Gasteiger partial charge in [-0.3, -0.25) is 4.98 Å². The van der Waals surface area contributed by atoms with Crippen molar-refractivity contribution in [3.8, 4) is 0 Å². The molecule has 0 aliphatic heterocycles. The summed E-state index contributed by atoms with van der Waals surface area (Å²) >= 11 is 0. The van der Waals surface area contributed by atoms with Crippen molar-refractivity contribution in [2.45, 2.75) is 27.7 Å². The monoisotopic (exact) mass is 188 g/mol. The molecule has 0 N–H and O–H groups in total. The van der Waals surface area contributed by atoms with Gasteiger partial charge in [0, 0.05) is 6.20 Å². The first-order valence-electron chi connectivity index (χ1n) is 4.96. The largest absolute Gasteiger partial charge is 0.252 e. The number of nitrogens with zero attached hydrogens (tertiary/aromatic N) is 2. The molecule has 1 aromatic heterocycles. The van der Waals surface area contributed by atoms with Crippen LogP contribution in [0.25, 0.3) is 11.0 Å². The number of hydrogen-bond acceptors (Lipinski definition) is 2. The summed E-state index contributed by atoms with van der Waals surface area (Å²) < 4.78 is 0. The van der Waals surface area contributed by atoms with E-state index in [4.69, 9.17) is 0 Å². The molecule has 2 aromatic rings. The Morgan fingerprint density at radius 1 is 1.07 bits per heavy atom. The predicted molar refractivity (Wildman–Crippen MR) is 60.4 cm³/mol. The van der Waals surface area contributed by atoms with Gasteiger partial charge in [-0.15, -0.1) is 0 Å². The quantitative estimate of drug-likeness (QED) is 0.634. The van der Waals surface area contributed by atoms with Gasteiger partial charge in [0.15, 0.2) is 0 Å². The van der Waals surface area contributed by atoms with Gasteiger partial charge in [0.25, 0.3) is 0 Å². The molecule has 0 unspecified atom stereocenters. The summed E-state index contributed by atoms with van der Waals surface area (Å²) in [5, 5.41) is 0. The second-order valence-electron chi connectivity index (χ2n) is 2.95. The van der Waals surface area contributed by atoms with Crippen molar-refractivity contribution in [3.05, 3.63) is 35.7 Å². The van der Waals surface area contributed by atoms with Crippen LogP contribution in [0.15, 0.2) is 24.4 Å². The predicted octanol–water partition coefficient (Wildman–Crippen LogP) is 3.27. The summed E-state index contributed by atoms with van der Waals surface area (Å²) in [6, 6.07) is 6.04. The van der Waals surface area contributed by atoms with Crippen molar-refractivity contribution >= 4 is 11.0 Å². The minimum absolute atomic E-state index is 0.966. The Hall–Kier alpha value is -1.44. The Kier molecular flexibility index (Phi) is 3.57. The molecule has 2 nitrogen and oxygen atoms in total. The smallest absolute Gasteiger partial charge is 0.0916 e. The number of hydrogen-bond donors (Lipinski definition) is 0. The van der Waals surface area contributed by atoms with Gasteiger partial charge < -0.3 is 0 Å². The Morgan fingerprint density at radius 2 is 1.79 bits per heavy atom. The van der Waals surface area contributed by atoms with Crippen LogP contribution in [-0.4, -0.2) is 9.97 Å². The van der Waals surface area contributed by atoms with Crippen LogP contribution in [0.1, 0.15) is 25.1 Å². The summed E-state index contributed by atoms with van der Waals surface area (Å²) in [4.78, 5) is 8.69. The van der Waals surface area contributed by atoms with Crippen LogP contribution in [-0.2, 0) is 0 Å². The molecule has 1 heterocycles. The summed E-state index contributed by atoms with van der Waals surface area (Å²) in [7, 11) is 0. The van der Waals surface area contributed by atoms with E-state index < -0.39 is 0 Å². The fourth-order valence-electron chi connectivity index (χ4n) is 1.28. The Labute approximate surface area is 85.0 Å². The van der Waals surface area contributed by atoms with Crippen LogP contribution < -0.4 is 0 Å². The van der Waals surface area contributed by atoms with E-state index in [9.17, 15) is 0 Å². The summed E-state index contributed by atoms with van der Waals surface area (Å²) in [6.07, 6.45) is 1.80. The van der Waals surface area contributed by atoms with Gasteiger partial charge in [-0.2, -0.15) is 0 Å². The van der Waals surface area contributed by atoms with E-state index in [0.717, 1.165) is 16.7 Å². The highest BCUT2D eigenvalue weighted by molar-refractivity contribution is 5.77. The summed E-state index contributed by atoms with van der Waals surface area (Å²) in [6.45, 7) is 8.00. The Bertz CT molecular complexity index is 422. The van der Waals surface area contributed by atoms with Crippen LogP contribution in [0, 0.1) is 13.8 Å². The fraction of sp³-hybridized carbons (Fsp3) is 0.333. The Morgan fingerprint density at radius 3 is 2.50 bits per heavy atom. The van der Waals surface area contributed by atoms with Gasteiger partial charge in [0.2, 0.25) is 0 Å². The maximum atomic E-state index is 4.37. The minimum Gasteiger partial charge on any atom is -0.252 e. The standard InChI is InChI=1S/C10H10N2.C2H6/c1-7-4-3-5-9-10(7)11-6-8(2)12-9;1-2/h3-6H,1-2H3;1-2H3. The third-order valence-electron chi connectivity index (χ3n) is 1.89. The van der Waals surface area contributed by atoms with Gasteiger partial charge in [-0.1, -0.05) is 26.0 Å². The molecule has 2 heteroatoms. The maximum Gasteiger partial charge on any atom is 0.0916 e. The van der Waals surface area contributed by atoms with E-state index in [2.05, 4.69) is 9.97 Å². The van der Waals surface area contributed by atoms with Crippen molar-refractivity contribution in [1.82, 2.24) is 9.97 Å². The van der Waals surface area contributed by atoms with Crippen LogP contribution >= 0.6 is 0 Å². The fourth-order valence-corrected chi connectivity index (χ4v) is 1.28. The van der Waals surface area contributed by atoms with E-state index >= 15 is 0 Å². The van der Waals surface area contributed by atoms with E-state index in [0.29, 0.717) is 0 Å². The van der Waals surface area contributed by atoms with Crippen molar-refractivity contribution in [2.75, 3.05) is 0 Å². The molecule has 0 spiro atoms. The molecule has 0 saturated heterocycles. The number of aromatic nitrogens is 2. The van der Waals surface area contributed by atoms with Crippen LogP contribution in [0.5, 0.6) is 0 Å².